The van der Waals surface area contributed by atoms with E-state index in [0.717, 1.165) is 13.1 Å². The molecule has 3 aromatic carbocycles. The second kappa shape index (κ2) is 10.7. The predicted molar refractivity (Wildman–Crippen MR) is 117 cm³/mol. The van der Waals surface area contributed by atoms with Crippen molar-refractivity contribution >= 4 is 35.4 Å². The van der Waals surface area contributed by atoms with Gasteiger partial charge in [0.15, 0.2) is 0 Å². The number of hydrogen-bond acceptors (Lipinski definition) is 4. The minimum Gasteiger partial charge on any atom is -0.383 e. The maximum absolute atomic E-state index is 10.7. The van der Waals surface area contributed by atoms with Crippen LogP contribution in [-0.4, -0.2) is 18.0 Å². The molecule has 146 valence electrons. The first-order chi connectivity index (χ1) is 13.1. The molecule has 3 rings (SSSR count). The quantitative estimate of drug-likeness (QED) is 0.286. The number of nitrogens with one attached hydrogen (secondary N) is 2. The molecule has 0 unspecified atom stereocenters. The van der Waals surface area contributed by atoms with Gasteiger partial charge in [-0.25, -0.2) is 0 Å². The molecule has 0 radical (unpaired) electrons. The first-order valence-electron chi connectivity index (χ1n) is 8.66. The number of nitrogens with zero attached hydrogens (tertiary/aromatic N) is 1. The Hall–Kier alpha value is -2.60. The Morgan fingerprint density at radius 3 is 2.21 bits per heavy atom. The number of nitro groups is 1. The zero-order chi connectivity index (χ0) is 19.1. The molecule has 28 heavy (non-hydrogen) atoms. The Labute approximate surface area is 175 Å². The average Bonchev–Trinajstić information content (AvgIpc) is 2.70. The fourth-order valence-electron chi connectivity index (χ4n) is 2.72. The number of non-ortho nitro benzene ring substituents is 1. The lowest BCUT2D eigenvalue weighted by molar-refractivity contribution is -0.384. The molecule has 3 aromatic rings. The van der Waals surface area contributed by atoms with Crippen LogP contribution in [0.25, 0.3) is 11.1 Å². The highest BCUT2D eigenvalue weighted by molar-refractivity contribution is 6.33. The minimum atomic E-state index is -0.458. The van der Waals surface area contributed by atoms with Gasteiger partial charge in [0.25, 0.3) is 5.69 Å². The van der Waals surface area contributed by atoms with Crippen molar-refractivity contribution < 1.29 is 4.92 Å². The largest absolute Gasteiger partial charge is 0.383 e. The Morgan fingerprint density at radius 2 is 1.57 bits per heavy atom. The second-order valence-electron chi connectivity index (χ2n) is 6.09. The normalized spacial score (nSPS) is 10.2. The zero-order valence-corrected chi connectivity index (χ0v) is 16.7. The molecule has 0 aliphatic rings. The van der Waals surface area contributed by atoms with E-state index >= 15 is 0 Å². The molecular formula is C21H21Cl2N3O2. The van der Waals surface area contributed by atoms with E-state index in [0.29, 0.717) is 17.3 Å². The van der Waals surface area contributed by atoms with Crippen LogP contribution in [0, 0.1) is 10.1 Å². The molecule has 7 heteroatoms. The summed E-state index contributed by atoms with van der Waals surface area (Å²) in [5, 5.41) is 17.6. The summed E-state index contributed by atoms with van der Waals surface area (Å²) in [6.45, 7) is 2.18. The number of anilines is 1. The van der Waals surface area contributed by atoms with Crippen molar-refractivity contribution in [1.82, 2.24) is 5.32 Å². The van der Waals surface area contributed by atoms with E-state index in [1.165, 1.54) is 28.8 Å². The van der Waals surface area contributed by atoms with Gasteiger partial charge in [0.05, 0.1) is 15.6 Å². The number of benzene rings is 3. The molecule has 0 spiro atoms. The third kappa shape index (κ3) is 5.96. The summed E-state index contributed by atoms with van der Waals surface area (Å²) in [5.41, 5.74) is 4.30. The number of hydrogen-bond donors (Lipinski definition) is 2. The fraction of sp³-hybridized carbons (Fsp3) is 0.143. The Bertz CT molecular complexity index is 903. The number of rotatable bonds is 8. The SMILES string of the molecule is Cl.O=[N+]([O-])c1ccc(NCCNCc2ccc(-c3ccccc3)cc2)c(Cl)c1. The van der Waals surface area contributed by atoms with Gasteiger partial charge in [-0.3, -0.25) is 10.1 Å². The lowest BCUT2D eigenvalue weighted by Crippen LogP contribution is -2.21. The van der Waals surface area contributed by atoms with E-state index < -0.39 is 4.92 Å². The average molecular weight is 418 g/mol. The van der Waals surface area contributed by atoms with Crippen molar-refractivity contribution in [2.45, 2.75) is 6.54 Å². The van der Waals surface area contributed by atoms with Crippen LogP contribution in [0.1, 0.15) is 5.56 Å². The van der Waals surface area contributed by atoms with Crippen LogP contribution in [0.4, 0.5) is 11.4 Å². The van der Waals surface area contributed by atoms with Crippen molar-refractivity contribution in [2.75, 3.05) is 18.4 Å². The van der Waals surface area contributed by atoms with E-state index in [-0.39, 0.29) is 18.1 Å². The molecule has 0 saturated heterocycles. The third-order valence-electron chi connectivity index (χ3n) is 4.17. The van der Waals surface area contributed by atoms with Crippen LogP contribution in [0.3, 0.4) is 0 Å². The molecule has 0 atom stereocenters. The Kier molecular flexibility index (Phi) is 8.26. The van der Waals surface area contributed by atoms with Crippen LogP contribution in [0.15, 0.2) is 72.8 Å². The van der Waals surface area contributed by atoms with Gasteiger partial charge < -0.3 is 10.6 Å². The van der Waals surface area contributed by atoms with Crippen LogP contribution in [0.2, 0.25) is 5.02 Å². The van der Waals surface area contributed by atoms with Crippen molar-refractivity contribution in [3.8, 4) is 11.1 Å². The standard InChI is InChI=1S/C21H20ClN3O2.ClH/c22-20-14-19(25(26)27)10-11-21(20)24-13-12-23-15-16-6-8-18(9-7-16)17-4-2-1-3-5-17;/h1-11,14,23-24H,12-13,15H2;1H. The molecule has 2 N–H and O–H groups in total. The second-order valence-corrected chi connectivity index (χ2v) is 6.49. The lowest BCUT2D eigenvalue weighted by atomic mass is 10.0. The van der Waals surface area contributed by atoms with Crippen molar-refractivity contribution in [2.24, 2.45) is 0 Å². The van der Waals surface area contributed by atoms with E-state index in [1.54, 1.807) is 6.07 Å². The first-order valence-corrected chi connectivity index (χ1v) is 9.04. The summed E-state index contributed by atoms with van der Waals surface area (Å²) >= 11 is 6.06. The molecule has 0 aliphatic carbocycles. The summed E-state index contributed by atoms with van der Waals surface area (Å²) in [7, 11) is 0. The smallest absolute Gasteiger partial charge is 0.271 e. The summed E-state index contributed by atoms with van der Waals surface area (Å²) in [5.74, 6) is 0. The van der Waals surface area contributed by atoms with Gasteiger partial charge in [-0.05, 0) is 22.8 Å². The van der Waals surface area contributed by atoms with Gasteiger partial charge in [-0.1, -0.05) is 66.2 Å². The monoisotopic (exact) mass is 417 g/mol. The Balaban J connectivity index is 0.00000280. The van der Waals surface area contributed by atoms with Gasteiger partial charge in [0, 0.05) is 31.8 Å². The maximum Gasteiger partial charge on any atom is 0.271 e. The summed E-state index contributed by atoms with van der Waals surface area (Å²) in [6.07, 6.45) is 0. The van der Waals surface area contributed by atoms with Crippen molar-refractivity contribution in [1.29, 1.82) is 0 Å². The fourth-order valence-corrected chi connectivity index (χ4v) is 2.97. The molecule has 0 fully saturated rings. The molecule has 0 heterocycles. The lowest BCUT2D eigenvalue weighted by Gasteiger charge is -2.10. The van der Waals surface area contributed by atoms with E-state index in [4.69, 9.17) is 11.6 Å². The van der Waals surface area contributed by atoms with E-state index in [1.807, 2.05) is 18.2 Å². The van der Waals surface area contributed by atoms with Gasteiger partial charge in [0.2, 0.25) is 0 Å². The highest BCUT2D eigenvalue weighted by atomic mass is 35.5. The first kappa shape index (κ1) is 21.7. The molecule has 0 bridgehead atoms. The van der Waals surface area contributed by atoms with E-state index in [2.05, 4.69) is 47.0 Å². The number of nitro benzene ring substituents is 1. The van der Waals surface area contributed by atoms with Gasteiger partial charge in [-0.2, -0.15) is 0 Å². The van der Waals surface area contributed by atoms with Crippen LogP contribution in [-0.2, 0) is 6.54 Å². The topological polar surface area (TPSA) is 67.2 Å². The highest BCUT2D eigenvalue weighted by Gasteiger charge is 2.08. The molecule has 0 saturated carbocycles. The highest BCUT2D eigenvalue weighted by Crippen LogP contribution is 2.26. The number of halogens is 2. The Morgan fingerprint density at radius 1 is 0.893 bits per heavy atom. The minimum absolute atomic E-state index is 0. The molecule has 0 aliphatic heterocycles. The predicted octanol–water partition coefficient (Wildman–Crippen LogP) is 5.54. The molecule has 0 aromatic heterocycles. The zero-order valence-electron chi connectivity index (χ0n) is 15.1. The van der Waals surface area contributed by atoms with E-state index in [9.17, 15) is 10.1 Å². The van der Waals surface area contributed by atoms with Crippen LogP contribution >= 0.6 is 24.0 Å². The van der Waals surface area contributed by atoms with Crippen LogP contribution < -0.4 is 10.6 Å². The summed E-state index contributed by atoms with van der Waals surface area (Å²) in [6, 6.07) is 23.2. The van der Waals surface area contributed by atoms with Gasteiger partial charge >= 0.3 is 0 Å². The van der Waals surface area contributed by atoms with Crippen molar-refractivity contribution in [3.63, 3.8) is 0 Å². The van der Waals surface area contributed by atoms with Crippen molar-refractivity contribution in [3.05, 3.63) is 93.5 Å². The maximum atomic E-state index is 10.7. The molecule has 5 nitrogen and oxygen atoms in total. The van der Waals surface area contributed by atoms with Gasteiger partial charge in [-0.15, -0.1) is 12.4 Å². The molecular weight excluding hydrogens is 397 g/mol. The van der Waals surface area contributed by atoms with Crippen LogP contribution in [0.5, 0.6) is 0 Å². The third-order valence-corrected chi connectivity index (χ3v) is 4.48. The summed E-state index contributed by atoms with van der Waals surface area (Å²) < 4.78 is 0. The summed E-state index contributed by atoms with van der Waals surface area (Å²) in [4.78, 5) is 10.3. The molecule has 0 amide bonds. The van der Waals surface area contributed by atoms with Gasteiger partial charge in [0.1, 0.15) is 0 Å².